The fraction of sp³-hybridized carbons (Fsp3) is 0.400. The summed E-state index contributed by atoms with van der Waals surface area (Å²) < 4.78 is 0. The van der Waals surface area contributed by atoms with E-state index in [1.807, 2.05) is 18.2 Å². The molecule has 1 saturated carbocycles. The number of rotatable bonds is 1. The SMILES string of the molecule is OC1CC(c2c(Cl)cccc2Cl)C1. The summed E-state index contributed by atoms with van der Waals surface area (Å²) in [6.07, 6.45) is 1.39. The highest BCUT2D eigenvalue weighted by Crippen LogP contribution is 2.43. The molecule has 13 heavy (non-hydrogen) atoms. The van der Waals surface area contributed by atoms with Gasteiger partial charge in [-0.05, 0) is 36.5 Å². The van der Waals surface area contributed by atoms with Gasteiger partial charge in [0.2, 0.25) is 0 Å². The van der Waals surface area contributed by atoms with Crippen molar-refractivity contribution >= 4 is 23.2 Å². The topological polar surface area (TPSA) is 20.2 Å². The van der Waals surface area contributed by atoms with Crippen molar-refractivity contribution in [2.45, 2.75) is 24.9 Å². The summed E-state index contributed by atoms with van der Waals surface area (Å²) in [5, 5.41) is 10.6. The average Bonchev–Trinajstić information content (AvgIpc) is 2.00. The number of benzene rings is 1. The average molecular weight is 217 g/mol. The molecule has 1 aliphatic carbocycles. The first-order chi connectivity index (χ1) is 6.18. The molecule has 0 unspecified atom stereocenters. The summed E-state index contributed by atoms with van der Waals surface area (Å²) in [6.45, 7) is 0. The van der Waals surface area contributed by atoms with Crippen LogP contribution in [0.1, 0.15) is 24.3 Å². The van der Waals surface area contributed by atoms with Crippen molar-refractivity contribution in [1.29, 1.82) is 0 Å². The number of hydrogen-bond donors (Lipinski definition) is 1. The van der Waals surface area contributed by atoms with Gasteiger partial charge in [0.1, 0.15) is 0 Å². The first-order valence-electron chi connectivity index (χ1n) is 4.30. The highest BCUT2D eigenvalue weighted by Gasteiger charge is 2.31. The van der Waals surface area contributed by atoms with E-state index in [2.05, 4.69) is 0 Å². The Hall–Kier alpha value is -0.240. The molecule has 0 heterocycles. The van der Waals surface area contributed by atoms with Crippen molar-refractivity contribution in [3.8, 4) is 0 Å². The molecule has 0 radical (unpaired) electrons. The molecule has 0 saturated heterocycles. The molecule has 1 aromatic carbocycles. The molecule has 0 amide bonds. The Kier molecular flexibility index (Phi) is 2.50. The smallest absolute Gasteiger partial charge is 0.0552 e. The van der Waals surface area contributed by atoms with E-state index in [0.29, 0.717) is 16.0 Å². The lowest BCUT2D eigenvalue weighted by molar-refractivity contribution is 0.0747. The summed E-state index contributed by atoms with van der Waals surface area (Å²) in [7, 11) is 0. The van der Waals surface area contributed by atoms with Crippen molar-refractivity contribution < 1.29 is 5.11 Å². The first kappa shape index (κ1) is 9.32. The molecule has 1 aliphatic rings. The van der Waals surface area contributed by atoms with Gasteiger partial charge in [-0.2, -0.15) is 0 Å². The minimum Gasteiger partial charge on any atom is -0.393 e. The number of aliphatic hydroxyl groups is 1. The molecular weight excluding hydrogens is 207 g/mol. The highest BCUT2D eigenvalue weighted by molar-refractivity contribution is 6.36. The Bertz CT molecular complexity index is 298. The number of halogens is 2. The van der Waals surface area contributed by atoms with Crippen molar-refractivity contribution in [2.75, 3.05) is 0 Å². The van der Waals surface area contributed by atoms with E-state index in [-0.39, 0.29) is 6.10 Å². The van der Waals surface area contributed by atoms with E-state index in [1.54, 1.807) is 0 Å². The maximum atomic E-state index is 9.18. The largest absolute Gasteiger partial charge is 0.393 e. The van der Waals surface area contributed by atoms with E-state index in [1.165, 1.54) is 0 Å². The molecule has 0 spiro atoms. The zero-order valence-corrected chi connectivity index (χ0v) is 8.52. The third kappa shape index (κ3) is 1.69. The minimum absolute atomic E-state index is 0.169. The molecule has 1 aromatic rings. The van der Waals surface area contributed by atoms with Gasteiger partial charge in [0.15, 0.2) is 0 Å². The van der Waals surface area contributed by atoms with Crippen LogP contribution in [0.2, 0.25) is 10.0 Å². The van der Waals surface area contributed by atoms with Crippen LogP contribution in [0.3, 0.4) is 0 Å². The fourth-order valence-corrected chi connectivity index (χ4v) is 2.43. The lowest BCUT2D eigenvalue weighted by Crippen LogP contribution is -2.26. The molecule has 0 bridgehead atoms. The van der Waals surface area contributed by atoms with Crippen LogP contribution in [0, 0.1) is 0 Å². The zero-order chi connectivity index (χ0) is 9.42. The van der Waals surface area contributed by atoms with Gasteiger partial charge in [0.05, 0.1) is 6.10 Å². The number of hydrogen-bond acceptors (Lipinski definition) is 1. The van der Waals surface area contributed by atoms with Crippen molar-refractivity contribution in [2.24, 2.45) is 0 Å². The summed E-state index contributed by atoms with van der Waals surface area (Å²) in [4.78, 5) is 0. The molecule has 1 fully saturated rings. The number of aliphatic hydroxyl groups excluding tert-OH is 1. The van der Waals surface area contributed by atoms with Crippen LogP contribution < -0.4 is 0 Å². The highest BCUT2D eigenvalue weighted by atomic mass is 35.5. The van der Waals surface area contributed by atoms with Gasteiger partial charge in [-0.3, -0.25) is 0 Å². The minimum atomic E-state index is -0.169. The molecule has 70 valence electrons. The summed E-state index contributed by atoms with van der Waals surface area (Å²) in [5.74, 6) is 0.344. The predicted molar refractivity (Wildman–Crippen MR) is 54.4 cm³/mol. The Morgan fingerprint density at radius 3 is 2.15 bits per heavy atom. The van der Waals surface area contributed by atoms with Gasteiger partial charge in [-0.25, -0.2) is 0 Å². The van der Waals surface area contributed by atoms with Gasteiger partial charge >= 0.3 is 0 Å². The first-order valence-corrected chi connectivity index (χ1v) is 5.06. The van der Waals surface area contributed by atoms with E-state index < -0.39 is 0 Å². The van der Waals surface area contributed by atoms with Gasteiger partial charge in [0, 0.05) is 10.0 Å². The molecule has 1 nitrogen and oxygen atoms in total. The summed E-state index contributed by atoms with van der Waals surface area (Å²) in [5.41, 5.74) is 0.996. The summed E-state index contributed by atoms with van der Waals surface area (Å²) >= 11 is 12.0. The van der Waals surface area contributed by atoms with Crippen LogP contribution in [0.15, 0.2) is 18.2 Å². The monoisotopic (exact) mass is 216 g/mol. The third-order valence-electron chi connectivity index (χ3n) is 2.52. The van der Waals surface area contributed by atoms with E-state index in [0.717, 1.165) is 18.4 Å². The Labute approximate surface area is 87.3 Å². The van der Waals surface area contributed by atoms with Crippen molar-refractivity contribution in [3.63, 3.8) is 0 Å². The second kappa shape index (κ2) is 3.49. The van der Waals surface area contributed by atoms with Crippen LogP contribution in [0.5, 0.6) is 0 Å². The second-order valence-electron chi connectivity index (χ2n) is 3.46. The fourth-order valence-electron chi connectivity index (χ4n) is 1.72. The lowest BCUT2D eigenvalue weighted by atomic mass is 9.77. The van der Waals surface area contributed by atoms with Crippen LogP contribution in [-0.2, 0) is 0 Å². The Balaban J connectivity index is 2.29. The standard InChI is InChI=1S/C10H10Cl2O/c11-8-2-1-3-9(12)10(8)6-4-7(13)5-6/h1-3,6-7,13H,4-5H2. The maximum absolute atomic E-state index is 9.18. The predicted octanol–water partition coefficient (Wildman–Crippen LogP) is 3.23. The molecule has 3 heteroatoms. The third-order valence-corrected chi connectivity index (χ3v) is 3.18. The van der Waals surface area contributed by atoms with E-state index in [9.17, 15) is 5.11 Å². The van der Waals surface area contributed by atoms with Crippen LogP contribution >= 0.6 is 23.2 Å². The van der Waals surface area contributed by atoms with Gasteiger partial charge in [-0.15, -0.1) is 0 Å². The normalized spacial score (nSPS) is 27.0. The quantitative estimate of drug-likeness (QED) is 0.765. The second-order valence-corrected chi connectivity index (χ2v) is 4.27. The van der Waals surface area contributed by atoms with Gasteiger partial charge in [-0.1, -0.05) is 29.3 Å². The van der Waals surface area contributed by atoms with Crippen molar-refractivity contribution in [3.05, 3.63) is 33.8 Å². The van der Waals surface area contributed by atoms with Crippen molar-refractivity contribution in [1.82, 2.24) is 0 Å². The molecule has 0 aromatic heterocycles. The van der Waals surface area contributed by atoms with Gasteiger partial charge in [0.25, 0.3) is 0 Å². The molecule has 1 N–H and O–H groups in total. The molecule has 2 rings (SSSR count). The maximum Gasteiger partial charge on any atom is 0.0552 e. The van der Waals surface area contributed by atoms with Crippen LogP contribution in [0.4, 0.5) is 0 Å². The van der Waals surface area contributed by atoms with E-state index >= 15 is 0 Å². The Morgan fingerprint density at radius 2 is 1.69 bits per heavy atom. The van der Waals surface area contributed by atoms with Gasteiger partial charge < -0.3 is 5.11 Å². The van der Waals surface area contributed by atoms with Crippen LogP contribution in [-0.4, -0.2) is 11.2 Å². The Morgan fingerprint density at radius 1 is 1.15 bits per heavy atom. The zero-order valence-electron chi connectivity index (χ0n) is 7.00. The molecular formula is C10H10Cl2O. The molecule has 0 aliphatic heterocycles. The van der Waals surface area contributed by atoms with Crippen LogP contribution in [0.25, 0.3) is 0 Å². The molecule has 0 atom stereocenters. The lowest BCUT2D eigenvalue weighted by Gasteiger charge is -2.32. The van der Waals surface area contributed by atoms with E-state index in [4.69, 9.17) is 23.2 Å². The summed E-state index contributed by atoms with van der Waals surface area (Å²) in [6, 6.07) is 5.52.